The number of aryl methyl sites for hydroxylation is 5. The first-order valence-electron chi connectivity index (χ1n) is 17.7. The van der Waals surface area contributed by atoms with E-state index in [0.717, 1.165) is 50.9 Å². The molecule has 3 N–H and O–H groups in total. The number of carbonyl (C=O) groups is 2. The number of hydrogen-bond acceptors (Lipinski definition) is 5. The van der Waals surface area contributed by atoms with Gasteiger partial charge in [0.25, 0.3) is 0 Å². The van der Waals surface area contributed by atoms with E-state index in [4.69, 9.17) is 10.8 Å². The second-order valence-electron chi connectivity index (χ2n) is 13.6. The maximum Gasteiger partial charge on any atom is 0.419 e. The Morgan fingerprint density at radius 3 is 2.24 bits per heavy atom. The Morgan fingerprint density at radius 2 is 1.57 bits per heavy atom. The molecule has 4 rings (SSSR count). The van der Waals surface area contributed by atoms with Gasteiger partial charge in [0.05, 0.1) is 5.56 Å². The molecule has 1 aromatic heterocycles. The number of hydrogen-bond donors (Lipinski definition) is 2. The minimum Gasteiger partial charge on any atom is -0.481 e. The number of likely N-dealkylation sites (tertiary alicyclic amines) is 1. The van der Waals surface area contributed by atoms with Crippen LogP contribution >= 0.6 is 0 Å². The molecule has 51 heavy (non-hydrogen) atoms. The molecule has 1 fully saturated rings. The molecule has 0 spiro atoms. The maximum absolute atomic E-state index is 14.8. The van der Waals surface area contributed by atoms with Crippen molar-refractivity contribution < 1.29 is 36.6 Å². The quantitative estimate of drug-likeness (QED) is 0.104. The van der Waals surface area contributed by atoms with E-state index in [1.54, 1.807) is 20.0 Å². The van der Waals surface area contributed by atoms with Gasteiger partial charge in [-0.3, -0.25) is 14.2 Å². The van der Waals surface area contributed by atoms with Crippen LogP contribution in [0.5, 0.6) is 0 Å². The summed E-state index contributed by atoms with van der Waals surface area (Å²) in [6.45, 7) is 6.54. The Morgan fingerprint density at radius 1 is 0.902 bits per heavy atom. The Labute approximate surface area is 294 Å². The molecule has 1 aliphatic heterocycles. The van der Waals surface area contributed by atoms with E-state index in [-0.39, 0.29) is 11.1 Å². The zero-order valence-electron chi connectivity index (χ0n) is 29.3. The van der Waals surface area contributed by atoms with Crippen LogP contribution in [0.3, 0.4) is 0 Å². The number of unbranched alkanes of at least 4 members (excludes halogenated alkanes) is 4. The number of alkyl halides is 3. The van der Waals surface area contributed by atoms with Gasteiger partial charge in [-0.25, -0.2) is 13.6 Å². The van der Waals surface area contributed by atoms with Crippen molar-refractivity contribution in [2.75, 3.05) is 19.6 Å². The molecule has 13 heteroatoms. The molecule has 0 aliphatic carbocycles. The summed E-state index contributed by atoms with van der Waals surface area (Å²) in [7, 11) is 0. The van der Waals surface area contributed by atoms with Gasteiger partial charge in [-0.05, 0) is 142 Å². The van der Waals surface area contributed by atoms with Crippen LogP contribution in [0.1, 0.15) is 104 Å². The molecule has 1 aliphatic rings. The number of rotatable bonds is 18. The van der Waals surface area contributed by atoms with Crippen molar-refractivity contribution in [3.63, 3.8) is 0 Å². The van der Waals surface area contributed by atoms with Crippen LogP contribution in [0.15, 0.2) is 35.3 Å². The minimum absolute atomic E-state index is 0.0460. The second kappa shape index (κ2) is 17.9. The molecule has 0 saturated carbocycles. The number of carboxylic acids is 1. The molecule has 8 nitrogen and oxygen atoms in total. The SMILES string of the molecule is Cc1cc(F)cc(CCCCCCCC(C(N)=O)n2cc(CCCN3CCCC3)c(C)nc2=O)c1-c1cc(CCC(=O)O)c(F)c(C(F)(F)F)c1. The van der Waals surface area contributed by atoms with Crippen LogP contribution in [-0.4, -0.2) is 51.1 Å². The molecule has 1 atom stereocenters. The fourth-order valence-corrected chi connectivity index (χ4v) is 7.04. The van der Waals surface area contributed by atoms with E-state index in [1.165, 1.54) is 35.6 Å². The molecule has 1 unspecified atom stereocenters. The normalized spacial score (nSPS) is 14.3. The third-order valence-electron chi connectivity index (χ3n) is 9.68. The average Bonchev–Trinajstić information content (AvgIpc) is 3.56. The van der Waals surface area contributed by atoms with Crippen LogP contribution in [-0.2, 0) is 35.0 Å². The van der Waals surface area contributed by atoms with Crippen LogP contribution in [0.2, 0.25) is 0 Å². The highest BCUT2D eigenvalue weighted by atomic mass is 19.4. The van der Waals surface area contributed by atoms with E-state index >= 15 is 0 Å². The summed E-state index contributed by atoms with van der Waals surface area (Å²) in [5.74, 6) is -3.95. The van der Waals surface area contributed by atoms with Gasteiger partial charge in [0.15, 0.2) is 0 Å². The van der Waals surface area contributed by atoms with Crippen molar-refractivity contribution in [3.8, 4) is 11.1 Å². The predicted octanol–water partition coefficient (Wildman–Crippen LogP) is 7.48. The fraction of sp³-hybridized carbons (Fsp3) is 0.526. The molecular formula is C38H47F5N4O4. The van der Waals surface area contributed by atoms with Gasteiger partial charge in [0, 0.05) is 18.3 Å². The summed E-state index contributed by atoms with van der Waals surface area (Å²) in [6.07, 6.45) is 3.86. The van der Waals surface area contributed by atoms with Crippen molar-refractivity contribution in [2.24, 2.45) is 5.73 Å². The molecule has 2 heterocycles. The summed E-state index contributed by atoms with van der Waals surface area (Å²) in [6, 6.07) is 3.55. The summed E-state index contributed by atoms with van der Waals surface area (Å²) < 4.78 is 72.2. The standard InChI is InChI=1S/C38H47F5N4O4/c1-24-19-30(39)21-26(34(24)29-20-27(14-15-33(48)49)35(40)31(22-29)38(41,42)43)11-6-4-3-5-7-13-32(36(44)50)47-23-28(25(2)45-37(47)51)12-10-18-46-16-8-9-17-46/h19-23,32H,3-18H2,1-2H3,(H2,44,50)(H,48,49). The van der Waals surface area contributed by atoms with Crippen molar-refractivity contribution >= 4 is 11.9 Å². The number of amides is 1. The number of primary amides is 1. The largest absolute Gasteiger partial charge is 0.481 e. The van der Waals surface area contributed by atoms with Gasteiger partial charge < -0.3 is 15.7 Å². The molecule has 1 saturated heterocycles. The highest BCUT2D eigenvalue weighted by molar-refractivity contribution is 5.78. The summed E-state index contributed by atoms with van der Waals surface area (Å²) in [5.41, 5.74) is 6.15. The fourth-order valence-electron chi connectivity index (χ4n) is 7.04. The lowest BCUT2D eigenvalue weighted by molar-refractivity contribution is -0.140. The maximum atomic E-state index is 14.8. The molecule has 3 aromatic rings. The lowest BCUT2D eigenvalue weighted by Gasteiger charge is -2.19. The smallest absolute Gasteiger partial charge is 0.419 e. The zero-order chi connectivity index (χ0) is 37.3. The molecule has 2 aromatic carbocycles. The van der Waals surface area contributed by atoms with Crippen LogP contribution < -0.4 is 11.4 Å². The van der Waals surface area contributed by atoms with Crippen LogP contribution in [0.4, 0.5) is 22.0 Å². The Hall–Kier alpha value is -4.13. The molecule has 1 amide bonds. The summed E-state index contributed by atoms with van der Waals surface area (Å²) in [4.78, 5) is 42.9. The van der Waals surface area contributed by atoms with Gasteiger partial charge >= 0.3 is 17.8 Å². The summed E-state index contributed by atoms with van der Waals surface area (Å²) in [5, 5.41) is 9.04. The van der Waals surface area contributed by atoms with Gasteiger partial charge in [0.1, 0.15) is 17.7 Å². The highest BCUT2D eigenvalue weighted by Gasteiger charge is 2.36. The van der Waals surface area contributed by atoms with Crippen LogP contribution in [0.25, 0.3) is 11.1 Å². The molecule has 0 radical (unpaired) electrons. The van der Waals surface area contributed by atoms with Crippen molar-refractivity contribution in [1.82, 2.24) is 14.5 Å². The zero-order valence-corrected chi connectivity index (χ0v) is 29.3. The minimum atomic E-state index is -5.02. The lowest BCUT2D eigenvalue weighted by atomic mass is 9.89. The summed E-state index contributed by atoms with van der Waals surface area (Å²) >= 11 is 0. The third kappa shape index (κ3) is 10.9. The second-order valence-corrected chi connectivity index (χ2v) is 13.6. The molecular weight excluding hydrogens is 671 g/mol. The number of aliphatic carboxylic acids is 1. The number of nitrogens with zero attached hydrogens (tertiary/aromatic N) is 3. The number of nitrogens with two attached hydrogens (primary N) is 1. The predicted molar refractivity (Wildman–Crippen MR) is 184 cm³/mol. The number of carbonyl (C=O) groups excluding carboxylic acids is 1. The third-order valence-corrected chi connectivity index (χ3v) is 9.68. The Kier molecular flexibility index (Phi) is 13.9. The van der Waals surface area contributed by atoms with E-state index in [1.807, 2.05) is 0 Å². The van der Waals surface area contributed by atoms with Crippen LogP contribution in [0, 0.1) is 25.5 Å². The van der Waals surface area contributed by atoms with E-state index in [0.29, 0.717) is 60.6 Å². The number of benzene rings is 2. The first-order chi connectivity index (χ1) is 24.1. The molecule has 0 bridgehead atoms. The topological polar surface area (TPSA) is 119 Å². The van der Waals surface area contributed by atoms with Crippen molar-refractivity contribution in [2.45, 2.75) is 110 Å². The Bertz CT molecular complexity index is 1750. The Balaban J connectivity index is 1.38. The number of aromatic nitrogens is 2. The van der Waals surface area contributed by atoms with Gasteiger partial charge in [0.2, 0.25) is 5.91 Å². The van der Waals surface area contributed by atoms with E-state index < -0.39 is 59.8 Å². The van der Waals surface area contributed by atoms with Gasteiger partial charge in [-0.1, -0.05) is 25.7 Å². The molecule has 278 valence electrons. The van der Waals surface area contributed by atoms with Gasteiger partial charge in [-0.2, -0.15) is 18.2 Å². The average molecular weight is 719 g/mol. The lowest BCUT2D eigenvalue weighted by Crippen LogP contribution is -2.35. The van der Waals surface area contributed by atoms with Crippen molar-refractivity contribution in [3.05, 3.63) is 86.1 Å². The monoisotopic (exact) mass is 718 g/mol. The highest BCUT2D eigenvalue weighted by Crippen LogP contribution is 2.39. The van der Waals surface area contributed by atoms with Crippen molar-refractivity contribution in [1.29, 1.82) is 0 Å². The number of carboxylic acid groups (broad SMARTS) is 1. The first kappa shape index (κ1) is 39.7. The number of halogens is 5. The van der Waals surface area contributed by atoms with E-state index in [9.17, 15) is 36.3 Å². The van der Waals surface area contributed by atoms with Gasteiger partial charge in [-0.15, -0.1) is 0 Å². The van der Waals surface area contributed by atoms with E-state index in [2.05, 4.69) is 9.88 Å². The first-order valence-corrected chi connectivity index (χ1v) is 17.7.